The molecule has 23 heavy (non-hydrogen) atoms. The Bertz CT molecular complexity index is 696. The lowest BCUT2D eigenvalue weighted by atomic mass is 10.3. The Morgan fingerprint density at radius 3 is 1.35 bits per heavy atom. The quantitative estimate of drug-likeness (QED) is 0.685. The number of anilines is 3. The van der Waals surface area contributed by atoms with Crippen LogP contribution in [-0.4, -0.2) is 12.3 Å². The third kappa shape index (κ3) is 2.99. The molecule has 1 saturated heterocycles. The van der Waals surface area contributed by atoms with Crippen molar-refractivity contribution in [1.82, 2.24) is 0 Å². The van der Waals surface area contributed by atoms with E-state index < -0.39 is 0 Å². The van der Waals surface area contributed by atoms with Gasteiger partial charge >= 0.3 is 0 Å². The fourth-order valence-electron chi connectivity index (χ4n) is 2.86. The van der Waals surface area contributed by atoms with Crippen molar-refractivity contribution in [3.63, 3.8) is 0 Å². The van der Waals surface area contributed by atoms with Crippen molar-refractivity contribution in [2.75, 3.05) is 15.5 Å². The highest BCUT2D eigenvalue weighted by molar-refractivity contribution is 5.64. The van der Waals surface area contributed by atoms with Crippen molar-refractivity contribution in [2.45, 2.75) is 12.3 Å². The van der Waals surface area contributed by atoms with E-state index in [9.17, 15) is 0 Å². The Balaban J connectivity index is 1.55. The number of rotatable bonds is 5. The van der Waals surface area contributed by atoms with Crippen LogP contribution in [0.25, 0.3) is 0 Å². The summed E-state index contributed by atoms with van der Waals surface area (Å²) < 4.78 is 0. The molecule has 2 atom stereocenters. The minimum Gasteiger partial charge on any atom is -0.362 e. The molecule has 0 amide bonds. The van der Waals surface area contributed by atoms with Gasteiger partial charge in [-0.15, -0.1) is 0 Å². The van der Waals surface area contributed by atoms with Crippen LogP contribution in [0.3, 0.4) is 0 Å². The lowest BCUT2D eigenvalue weighted by Crippen LogP contribution is -2.13. The Kier molecular flexibility index (Phi) is 3.60. The molecule has 0 aliphatic carbocycles. The van der Waals surface area contributed by atoms with E-state index in [1.165, 1.54) is 5.69 Å². The average molecular weight is 301 g/mol. The zero-order valence-corrected chi connectivity index (χ0v) is 12.8. The van der Waals surface area contributed by atoms with E-state index in [0.717, 1.165) is 11.4 Å². The molecule has 3 aromatic rings. The van der Waals surface area contributed by atoms with Crippen LogP contribution >= 0.6 is 0 Å². The Morgan fingerprint density at radius 2 is 0.913 bits per heavy atom. The minimum absolute atomic E-state index is 0.236. The highest BCUT2D eigenvalue weighted by Crippen LogP contribution is 2.36. The summed E-state index contributed by atoms with van der Waals surface area (Å²) in [4.78, 5) is 2.35. The molecular formula is C20H19N3. The molecular weight excluding hydrogens is 282 g/mol. The van der Waals surface area contributed by atoms with E-state index in [4.69, 9.17) is 0 Å². The summed E-state index contributed by atoms with van der Waals surface area (Å²) in [5.74, 6) is 0. The molecule has 3 heteroatoms. The van der Waals surface area contributed by atoms with Crippen molar-refractivity contribution >= 4 is 17.1 Å². The standard InChI is InChI=1S/C20H19N3/c1-4-10-16(11-5-1)21-19-20(22-17-12-6-2-7-13-17)23(19)18-14-8-3-9-15-18/h1-15,19-22H/t19-,20-/m1/s1. The molecule has 114 valence electrons. The maximum atomic E-state index is 3.60. The normalized spacial score (nSPS) is 19.2. The summed E-state index contributed by atoms with van der Waals surface area (Å²) in [5, 5.41) is 7.20. The summed E-state index contributed by atoms with van der Waals surface area (Å²) in [5.41, 5.74) is 3.49. The summed E-state index contributed by atoms with van der Waals surface area (Å²) in [6.07, 6.45) is 0.472. The largest absolute Gasteiger partial charge is 0.362 e. The van der Waals surface area contributed by atoms with Crippen molar-refractivity contribution < 1.29 is 0 Å². The topological polar surface area (TPSA) is 27.1 Å². The van der Waals surface area contributed by atoms with Gasteiger partial charge in [0.25, 0.3) is 0 Å². The van der Waals surface area contributed by atoms with E-state index in [-0.39, 0.29) is 12.3 Å². The van der Waals surface area contributed by atoms with Gasteiger partial charge in [-0.3, -0.25) is 0 Å². The molecule has 0 radical (unpaired) electrons. The van der Waals surface area contributed by atoms with E-state index >= 15 is 0 Å². The van der Waals surface area contributed by atoms with Crippen molar-refractivity contribution in [3.8, 4) is 0 Å². The van der Waals surface area contributed by atoms with Gasteiger partial charge in [-0.05, 0) is 36.4 Å². The fourth-order valence-corrected chi connectivity index (χ4v) is 2.86. The van der Waals surface area contributed by atoms with Crippen molar-refractivity contribution in [2.24, 2.45) is 0 Å². The first-order valence-corrected chi connectivity index (χ1v) is 7.88. The first-order chi connectivity index (χ1) is 11.4. The van der Waals surface area contributed by atoms with Gasteiger partial charge in [-0.2, -0.15) is 0 Å². The van der Waals surface area contributed by atoms with Gasteiger partial charge in [0.05, 0.1) is 0 Å². The Hall–Kier alpha value is -2.94. The molecule has 4 rings (SSSR count). The van der Waals surface area contributed by atoms with Crippen molar-refractivity contribution in [1.29, 1.82) is 0 Å². The maximum Gasteiger partial charge on any atom is 0.141 e. The van der Waals surface area contributed by atoms with Gasteiger partial charge < -0.3 is 15.5 Å². The molecule has 0 unspecified atom stereocenters. The van der Waals surface area contributed by atoms with Gasteiger partial charge in [-0.1, -0.05) is 54.6 Å². The molecule has 0 bridgehead atoms. The van der Waals surface area contributed by atoms with Gasteiger partial charge in [0.2, 0.25) is 0 Å². The molecule has 3 aromatic carbocycles. The smallest absolute Gasteiger partial charge is 0.141 e. The minimum atomic E-state index is 0.236. The zero-order chi connectivity index (χ0) is 15.5. The van der Waals surface area contributed by atoms with E-state index in [0.29, 0.717) is 0 Å². The monoisotopic (exact) mass is 301 g/mol. The zero-order valence-electron chi connectivity index (χ0n) is 12.8. The molecule has 1 aliphatic heterocycles. The van der Waals surface area contributed by atoms with Crippen LogP contribution in [0, 0.1) is 0 Å². The number of hydrogen-bond donors (Lipinski definition) is 2. The van der Waals surface area contributed by atoms with Crippen LogP contribution in [0.15, 0.2) is 91.0 Å². The second kappa shape index (κ2) is 6.05. The van der Waals surface area contributed by atoms with E-state index in [1.54, 1.807) is 0 Å². The highest BCUT2D eigenvalue weighted by Gasteiger charge is 2.48. The number of benzene rings is 3. The second-order valence-electron chi connectivity index (χ2n) is 5.65. The molecule has 1 fully saturated rings. The number of hydrogen-bond acceptors (Lipinski definition) is 3. The van der Waals surface area contributed by atoms with Crippen LogP contribution < -0.4 is 15.5 Å². The Morgan fingerprint density at radius 1 is 0.522 bits per heavy atom. The molecule has 3 nitrogen and oxygen atoms in total. The van der Waals surface area contributed by atoms with Crippen LogP contribution in [0.2, 0.25) is 0 Å². The van der Waals surface area contributed by atoms with Gasteiger partial charge in [0.1, 0.15) is 12.3 Å². The summed E-state index contributed by atoms with van der Waals surface area (Å²) in [7, 11) is 0. The predicted octanol–water partition coefficient (Wildman–Crippen LogP) is 4.38. The first kappa shape index (κ1) is 13.7. The molecule has 1 aliphatic rings. The van der Waals surface area contributed by atoms with Crippen LogP contribution in [0.5, 0.6) is 0 Å². The predicted molar refractivity (Wildman–Crippen MR) is 96.6 cm³/mol. The van der Waals surface area contributed by atoms with Crippen LogP contribution in [-0.2, 0) is 0 Å². The molecule has 0 spiro atoms. The fraction of sp³-hybridized carbons (Fsp3) is 0.100. The average Bonchev–Trinajstić information content (AvgIpc) is 3.29. The third-order valence-corrected chi connectivity index (χ3v) is 4.04. The summed E-state index contributed by atoms with van der Waals surface area (Å²) in [6.45, 7) is 0. The lowest BCUT2D eigenvalue weighted by molar-refractivity contribution is 1.07. The lowest BCUT2D eigenvalue weighted by Gasteiger charge is -2.07. The van der Waals surface area contributed by atoms with Crippen LogP contribution in [0.1, 0.15) is 0 Å². The molecule has 0 aromatic heterocycles. The van der Waals surface area contributed by atoms with Crippen molar-refractivity contribution in [3.05, 3.63) is 91.0 Å². The second-order valence-corrected chi connectivity index (χ2v) is 5.65. The van der Waals surface area contributed by atoms with E-state index in [2.05, 4.69) is 88.3 Å². The summed E-state index contributed by atoms with van der Waals surface area (Å²) in [6, 6.07) is 31.2. The molecule has 2 N–H and O–H groups in total. The number of para-hydroxylation sites is 3. The number of nitrogens with one attached hydrogen (secondary N) is 2. The van der Waals surface area contributed by atoms with Crippen LogP contribution in [0.4, 0.5) is 17.1 Å². The van der Waals surface area contributed by atoms with E-state index in [1.807, 2.05) is 18.2 Å². The number of nitrogens with zero attached hydrogens (tertiary/aromatic N) is 1. The molecule has 1 heterocycles. The summed E-state index contributed by atoms with van der Waals surface area (Å²) >= 11 is 0. The SMILES string of the molecule is c1ccc(N[C@H]2[C@H](Nc3ccccc3)N2c2ccccc2)cc1. The van der Waals surface area contributed by atoms with Gasteiger partial charge in [0.15, 0.2) is 0 Å². The third-order valence-electron chi connectivity index (χ3n) is 4.04. The van der Waals surface area contributed by atoms with Gasteiger partial charge in [-0.25, -0.2) is 0 Å². The highest BCUT2D eigenvalue weighted by atomic mass is 15.5. The maximum absolute atomic E-state index is 3.60. The Labute approximate surface area is 136 Å². The van der Waals surface area contributed by atoms with Gasteiger partial charge in [0, 0.05) is 17.1 Å². The molecule has 0 saturated carbocycles. The first-order valence-electron chi connectivity index (χ1n) is 7.88.